The van der Waals surface area contributed by atoms with Crippen molar-refractivity contribution in [2.75, 3.05) is 31.5 Å². The lowest BCUT2D eigenvalue weighted by atomic mass is 9.99. The summed E-state index contributed by atoms with van der Waals surface area (Å²) in [5, 5.41) is 11.6. The number of fused-ring (bicyclic) bond motifs is 1. The molecule has 0 aliphatic rings. The second kappa shape index (κ2) is 11.0. The van der Waals surface area contributed by atoms with E-state index < -0.39 is 0 Å². The van der Waals surface area contributed by atoms with E-state index in [2.05, 4.69) is 78.6 Å². The molecule has 0 spiro atoms. The third kappa shape index (κ3) is 4.91. The molecule has 35 heavy (non-hydrogen) atoms. The Bertz CT molecular complexity index is 1340. The van der Waals surface area contributed by atoms with E-state index in [4.69, 9.17) is 5.10 Å². The smallest absolute Gasteiger partial charge is 0.329 e. The van der Waals surface area contributed by atoms with Crippen LogP contribution in [0.3, 0.4) is 0 Å². The first-order chi connectivity index (χ1) is 17.0. The molecule has 0 bridgehead atoms. The molecule has 0 aliphatic carbocycles. The number of aryl methyl sites for hydroxylation is 3. The molecule has 0 saturated carbocycles. The molecule has 7 heteroatoms. The van der Waals surface area contributed by atoms with E-state index in [1.807, 2.05) is 23.0 Å². The van der Waals surface area contributed by atoms with E-state index in [9.17, 15) is 4.79 Å². The predicted octanol–water partition coefficient (Wildman–Crippen LogP) is 5.35. The van der Waals surface area contributed by atoms with Gasteiger partial charge in [0.1, 0.15) is 0 Å². The highest BCUT2D eigenvalue weighted by atomic mass is 16.1. The largest absolute Gasteiger partial charge is 0.368 e. The molecule has 0 saturated heterocycles. The van der Waals surface area contributed by atoms with Gasteiger partial charge in [0.05, 0.1) is 22.3 Å². The highest BCUT2D eigenvalue weighted by Gasteiger charge is 2.19. The van der Waals surface area contributed by atoms with Crippen LogP contribution in [-0.2, 0) is 13.1 Å². The van der Waals surface area contributed by atoms with Gasteiger partial charge in [0, 0.05) is 25.2 Å². The lowest BCUT2D eigenvalue weighted by Gasteiger charge is -2.17. The topological polar surface area (TPSA) is 70.9 Å². The van der Waals surface area contributed by atoms with Crippen LogP contribution < -0.4 is 11.0 Å². The highest BCUT2D eigenvalue weighted by molar-refractivity contribution is 5.92. The average molecular weight is 475 g/mol. The van der Waals surface area contributed by atoms with E-state index in [0.29, 0.717) is 13.1 Å². The maximum Gasteiger partial charge on any atom is 0.329 e. The van der Waals surface area contributed by atoms with Crippen LogP contribution in [0, 0.1) is 6.92 Å². The van der Waals surface area contributed by atoms with E-state index in [0.717, 1.165) is 71.8 Å². The lowest BCUT2D eigenvalue weighted by molar-refractivity contribution is 0.303. The summed E-state index contributed by atoms with van der Waals surface area (Å²) in [4.78, 5) is 15.3. The van der Waals surface area contributed by atoms with Crippen LogP contribution in [0.1, 0.15) is 39.7 Å². The molecular weight excluding hydrogens is 436 g/mol. The molecule has 2 N–H and O–H groups in total. The number of rotatable bonds is 11. The number of nitrogens with zero attached hydrogens (tertiary/aromatic N) is 4. The van der Waals surface area contributed by atoms with Crippen molar-refractivity contribution in [3.05, 3.63) is 58.5 Å². The Labute approximate surface area is 207 Å². The van der Waals surface area contributed by atoms with Crippen molar-refractivity contribution < 1.29 is 0 Å². The molecular formula is C28H38N6O. The maximum absolute atomic E-state index is 12.9. The van der Waals surface area contributed by atoms with E-state index in [1.54, 1.807) is 0 Å². The molecule has 2 heterocycles. The van der Waals surface area contributed by atoms with Gasteiger partial charge in [-0.25, -0.2) is 4.79 Å². The van der Waals surface area contributed by atoms with E-state index >= 15 is 0 Å². The summed E-state index contributed by atoms with van der Waals surface area (Å²) < 4.78 is 3.69. The third-order valence-electron chi connectivity index (χ3n) is 6.85. The molecule has 4 rings (SSSR count). The minimum Gasteiger partial charge on any atom is -0.368 e. The Morgan fingerprint density at radius 2 is 1.69 bits per heavy atom. The van der Waals surface area contributed by atoms with Crippen molar-refractivity contribution in [3.63, 3.8) is 0 Å². The van der Waals surface area contributed by atoms with Gasteiger partial charge in [-0.1, -0.05) is 43.7 Å². The lowest BCUT2D eigenvalue weighted by Crippen LogP contribution is -2.25. The SMILES string of the molecule is CCN(CC)CCCNc1n[nH]c(-c2cccc(C)c2)c1-c1ccc2c(c1)n(CC)c(=O)n2CC. The summed E-state index contributed by atoms with van der Waals surface area (Å²) >= 11 is 0. The number of imidazole rings is 1. The average Bonchev–Trinajstić information content (AvgIpc) is 3.41. The van der Waals surface area contributed by atoms with Crippen molar-refractivity contribution in [2.24, 2.45) is 0 Å². The van der Waals surface area contributed by atoms with Crippen molar-refractivity contribution in [1.29, 1.82) is 0 Å². The first kappa shape index (κ1) is 24.8. The Hall–Kier alpha value is -3.32. The summed E-state index contributed by atoms with van der Waals surface area (Å²) in [5.74, 6) is 0.848. The van der Waals surface area contributed by atoms with Crippen molar-refractivity contribution in [1.82, 2.24) is 24.2 Å². The van der Waals surface area contributed by atoms with Crippen LogP contribution in [0.4, 0.5) is 5.82 Å². The quantitative estimate of drug-likeness (QED) is 0.287. The predicted molar refractivity (Wildman–Crippen MR) is 146 cm³/mol. The third-order valence-corrected chi connectivity index (χ3v) is 6.85. The van der Waals surface area contributed by atoms with Crippen molar-refractivity contribution >= 4 is 16.9 Å². The molecule has 0 atom stereocenters. The van der Waals surface area contributed by atoms with Crippen molar-refractivity contribution in [3.8, 4) is 22.4 Å². The Kier molecular flexibility index (Phi) is 7.76. The van der Waals surface area contributed by atoms with Crippen LogP contribution >= 0.6 is 0 Å². The minimum absolute atomic E-state index is 0.0444. The first-order valence-corrected chi connectivity index (χ1v) is 12.9. The van der Waals surface area contributed by atoms with Gasteiger partial charge in [0.2, 0.25) is 0 Å². The summed E-state index contributed by atoms with van der Waals surface area (Å²) in [5.41, 5.74) is 7.35. The zero-order valence-corrected chi connectivity index (χ0v) is 21.7. The number of hydrogen-bond donors (Lipinski definition) is 2. The number of aromatic nitrogens is 4. The highest BCUT2D eigenvalue weighted by Crippen LogP contribution is 2.37. The Balaban J connectivity index is 1.77. The van der Waals surface area contributed by atoms with Crippen LogP contribution in [0.15, 0.2) is 47.3 Å². The fourth-order valence-corrected chi connectivity index (χ4v) is 4.90. The summed E-state index contributed by atoms with van der Waals surface area (Å²) in [7, 11) is 0. The zero-order valence-electron chi connectivity index (χ0n) is 21.7. The second-order valence-electron chi connectivity index (χ2n) is 8.97. The van der Waals surface area contributed by atoms with Gasteiger partial charge in [-0.2, -0.15) is 5.10 Å². The van der Waals surface area contributed by atoms with E-state index in [-0.39, 0.29) is 5.69 Å². The van der Waals surface area contributed by atoms with Crippen LogP contribution in [0.2, 0.25) is 0 Å². The van der Waals surface area contributed by atoms with Gasteiger partial charge in [-0.05, 0) is 70.6 Å². The standard InChI is InChI=1S/C28H38N6O/c1-6-32(7-2)17-11-16-29-27-25(26(30-31-27)22-13-10-12-20(5)18-22)21-14-15-23-24(19-21)34(9-4)28(35)33(23)8-3/h10,12-15,18-19H,6-9,11,16-17H2,1-5H3,(H2,29,30,31). The number of H-pyrrole nitrogens is 1. The molecule has 0 radical (unpaired) electrons. The van der Waals surface area contributed by atoms with Crippen LogP contribution in [0.5, 0.6) is 0 Å². The number of nitrogens with one attached hydrogen (secondary N) is 2. The maximum atomic E-state index is 12.9. The van der Waals surface area contributed by atoms with Gasteiger partial charge in [0.15, 0.2) is 5.82 Å². The molecule has 186 valence electrons. The number of hydrogen-bond acceptors (Lipinski definition) is 4. The molecule has 0 unspecified atom stereocenters. The molecule has 2 aromatic heterocycles. The summed E-state index contributed by atoms with van der Waals surface area (Å²) in [6, 6.07) is 14.8. The molecule has 0 amide bonds. The van der Waals surface area contributed by atoms with Gasteiger partial charge in [-0.15, -0.1) is 0 Å². The minimum atomic E-state index is 0.0444. The van der Waals surface area contributed by atoms with Gasteiger partial charge >= 0.3 is 5.69 Å². The van der Waals surface area contributed by atoms with Crippen LogP contribution in [-0.4, -0.2) is 50.4 Å². The fraction of sp³-hybridized carbons (Fsp3) is 0.429. The van der Waals surface area contributed by atoms with Crippen LogP contribution in [0.25, 0.3) is 33.4 Å². The number of benzene rings is 2. The molecule has 7 nitrogen and oxygen atoms in total. The van der Waals surface area contributed by atoms with Gasteiger partial charge < -0.3 is 10.2 Å². The normalized spacial score (nSPS) is 11.6. The number of anilines is 1. The van der Waals surface area contributed by atoms with Crippen molar-refractivity contribution in [2.45, 2.75) is 54.1 Å². The molecule has 4 aromatic rings. The first-order valence-electron chi connectivity index (χ1n) is 12.9. The van der Waals surface area contributed by atoms with Gasteiger partial charge in [-0.3, -0.25) is 14.2 Å². The second-order valence-corrected chi connectivity index (χ2v) is 8.97. The monoisotopic (exact) mass is 474 g/mol. The fourth-order valence-electron chi connectivity index (χ4n) is 4.90. The number of aromatic amines is 1. The molecule has 0 fully saturated rings. The Morgan fingerprint density at radius 3 is 2.37 bits per heavy atom. The van der Waals surface area contributed by atoms with Gasteiger partial charge in [0.25, 0.3) is 0 Å². The molecule has 0 aliphatic heterocycles. The Morgan fingerprint density at radius 1 is 0.943 bits per heavy atom. The summed E-state index contributed by atoms with van der Waals surface area (Å²) in [6.45, 7) is 15.9. The molecule has 2 aromatic carbocycles. The summed E-state index contributed by atoms with van der Waals surface area (Å²) in [6.07, 6.45) is 1.04. The van der Waals surface area contributed by atoms with E-state index in [1.165, 1.54) is 5.56 Å². The zero-order chi connectivity index (χ0) is 24.9.